The molecule has 0 aromatic rings. The minimum Gasteiger partial charge on any atom is -0.443 e. The molecule has 1 amide bonds. The first kappa shape index (κ1) is 13.1. The number of carbonyl (C=O) groups excluding carboxylic acids is 1. The highest BCUT2D eigenvalue weighted by molar-refractivity contribution is 6.50. The monoisotopic (exact) mass is 227 g/mol. The van der Waals surface area contributed by atoms with E-state index in [9.17, 15) is 4.79 Å². The molecule has 0 radical (unpaired) electrons. The van der Waals surface area contributed by atoms with Crippen molar-refractivity contribution in [3.63, 3.8) is 0 Å². The van der Waals surface area contributed by atoms with Gasteiger partial charge in [-0.25, -0.2) is 4.79 Å². The van der Waals surface area contributed by atoms with Crippen LogP contribution in [-0.4, -0.2) is 40.3 Å². The van der Waals surface area contributed by atoms with Gasteiger partial charge in [-0.2, -0.15) is 0 Å². The molecule has 0 atom stereocenters. The van der Waals surface area contributed by atoms with Crippen LogP contribution < -0.4 is 0 Å². The van der Waals surface area contributed by atoms with Crippen molar-refractivity contribution >= 4 is 13.2 Å². The van der Waals surface area contributed by atoms with Gasteiger partial charge in [-0.3, -0.25) is 4.90 Å². The molecule has 5 nitrogen and oxygen atoms in total. The van der Waals surface area contributed by atoms with Crippen molar-refractivity contribution in [2.75, 3.05) is 6.54 Å². The molecule has 6 heteroatoms. The van der Waals surface area contributed by atoms with Crippen molar-refractivity contribution in [1.82, 2.24) is 4.90 Å². The lowest BCUT2D eigenvalue weighted by Crippen LogP contribution is -2.42. The molecule has 16 heavy (non-hydrogen) atoms. The number of amides is 1. The van der Waals surface area contributed by atoms with Gasteiger partial charge in [0.05, 0.1) is 5.60 Å². The molecule has 0 saturated heterocycles. The van der Waals surface area contributed by atoms with Gasteiger partial charge in [-0.1, -0.05) is 6.08 Å². The molecule has 1 aliphatic rings. The van der Waals surface area contributed by atoms with Crippen LogP contribution >= 0.6 is 0 Å². The number of rotatable bonds is 1. The van der Waals surface area contributed by atoms with Gasteiger partial charge in [0.1, 0.15) is 5.60 Å². The average molecular weight is 227 g/mol. The van der Waals surface area contributed by atoms with Gasteiger partial charge in [0, 0.05) is 6.54 Å². The number of hydrogen-bond acceptors (Lipinski definition) is 4. The van der Waals surface area contributed by atoms with E-state index in [1.165, 1.54) is 4.90 Å². The summed E-state index contributed by atoms with van der Waals surface area (Å²) in [5, 5.41) is 18.3. The number of hydrogen-bond donors (Lipinski definition) is 2. The largest absolute Gasteiger partial charge is 0.505 e. The van der Waals surface area contributed by atoms with Gasteiger partial charge in [0.2, 0.25) is 0 Å². The SMILES string of the molecule is CC(C)(C)OC(=O)N1CCCC=C1B(O)O. The summed E-state index contributed by atoms with van der Waals surface area (Å²) in [6.07, 6.45) is 2.66. The van der Waals surface area contributed by atoms with E-state index in [2.05, 4.69) is 0 Å². The zero-order valence-electron chi connectivity index (χ0n) is 9.93. The lowest BCUT2D eigenvalue weighted by Gasteiger charge is -2.31. The average Bonchev–Trinajstić information content (AvgIpc) is 2.15. The minimum atomic E-state index is -1.63. The first-order valence-electron chi connectivity index (χ1n) is 5.38. The van der Waals surface area contributed by atoms with Gasteiger partial charge < -0.3 is 14.8 Å². The number of nitrogens with zero attached hydrogens (tertiary/aromatic N) is 1. The maximum Gasteiger partial charge on any atom is 0.505 e. The normalized spacial score (nSPS) is 16.8. The summed E-state index contributed by atoms with van der Waals surface area (Å²) in [6.45, 7) is 5.77. The van der Waals surface area contributed by atoms with Crippen molar-refractivity contribution in [2.45, 2.75) is 39.2 Å². The molecule has 90 valence electrons. The molecule has 0 aromatic heterocycles. The Hall–Kier alpha value is -1.01. The predicted molar refractivity (Wildman–Crippen MR) is 60.4 cm³/mol. The molecule has 0 fully saturated rings. The van der Waals surface area contributed by atoms with E-state index in [4.69, 9.17) is 14.8 Å². The molecule has 0 aromatic carbocycles. The van der Waals surface area contributed by atoms with Crippen LogP contribution in [0.4, 0.5) is 4.79 Å². The molecular weight excluding hydrogens is 209 g/mol. The Morgan fingerprint density at radius 3 is 2.62 bits per heavy atom. The third-order valence-corrected chi connectivity index (χ3v) is 2.13. The first-order chi connectivity index (χ1) is 7.31. The Morgan fingerprint density at radius 2 is 2.12 bits per heavy atom. The summed E-state index contributed by atoms with van der Waals surface area (Å²) in [6, 6.07) is 0. The van der Waals surface area contributed by atoms with Crippen molar-refractivity contribution in [3.8, 4) is 0 Å². The predicted octanol–water partition coefficient (Wildman–Crippen LogP) is 0.913. The molecular formula is C10H18BNO4. The third kappa shape index (κ3) is 3.54. The molecule has 0 bridgehead atoms. The second kappa shape index (κ2) is 4.89. The topological polar surface area (TPSA) is 70.0 Å². The molecule has 2 N–H and O–H groups in total. The van der Waals surface area contributed by atoms with Crippen LogP contribution in [0.5, 0.6) is 0 Å². The van der Waals surface area contributed by atoms with Gasteiger partial charge in [0.25, 0.3) is 0 Å². The quantitative estimate of drug-likeness (QED) is 0.653. The second-order valence-corrected chi connectivity index (χ2v) is 4.78. The highest BCUT2D eigenvalue weighted by Crippen LogP contribution is 2.19. The smallest absolute Gasteiger partial charge is 0.443 e. The summed E-state index contributed by atoms with van der Waals surface area (Å²) in [4.78, 5) is 13.0. The van der Waals surface area contributed by atoms with E-state index < -0.39 is 18.8 Å². The van der Waals surface area contributed by atoms with E-state index in [1.807, 2.05) is 0 Å². The van der Waals surface area contributed by atoms with Gasteiger partial charge in [0.15, 0.2) is 0 Å². The van der Waals surface area contributed by atoms with Crippen LogP contribution in [0.2, 0.25) is 0 Å². The zero-order chi connectivity index (χ0) is 12.3. The molecule has 1 rings (SSSR count). The number of allylic oxidation sites excluding steroid dienone is 1. The summed E-state index contributed by atoms with van der Waals surface area (Å²) >= 11 is 0. The minimum absolute atomic E-state index is 0.209. The Balaban J connectivity index is 2.74. The number of ether oxygens (including phenoxy) is 1. The highest BCUT2D eigenvalue weighted by atomic mass is 16.6. The molecule has 0 unspecified atom stereocenters. The van der Waals surface area contributed by atoms with E-state index >= 15 is 0 Å². The summed E-state index contributed by atoms with van der Waals surface area (Å²) < 4.78 is 5.18. The van der Waals surface area contributed by atoms with E-state index in [0.717, 1.165) is 12.8 Å². The van der Waals surface area contributed by atoms with E-state index in [1.54, 1.807) is 26.8 Å². The standard InChI is InChI=1S/C10H18BNO4/c1-10(2,3)16-9(13)12-7-5-4-6-8(12)11(14)15/h6,14-15H,4-5,7H2,1-3H3. The van der Waals surface area contributed by atoms with Crippen LogP contribution in [0, 0.1) is 0 Å². The fourth-order valence-corrected chi connectivity index (χ4v) is 1.50. The first-order valence-corrected chi connectivity index (χ1v) is 5.38. The fourth-order valence-electron chi connectivity index (χ4n) is 1.50. The second-order valence-electron chi connectivity index (χ2n) is 4.78. The summed E-state index contributed by atoms with van der Waals surface area (Å²) in [5.74, 6) is 0. The lowest BCUT2D eigenvalue weighted by molar-refractivity contribution is 0.0309. The number of carbonyl (C=O) groups is 1. The Kier molecular flexibility index (Phi) is 3.99. The van der Waals surface area contributed by atoms with Gasteiger partial charge in [-0.05, 0) is 33.6 Å². The Labute approximate surface area is 95.8 Å². The maximum absolute atomic E-state index is 11.8. The van der Waals surface area contributed by atoms with Crippen LogP contribution in [0.3, 0.4) is 0 Å². The van der Waals surface area contributed by atoms with Gasteiger partial charge >= 0.3 is 13.2 Å². The fraction of sp³-hybridized carbons (Fsp3) is 0.700. The van der Waals surface area contributed by atoms with E-state index in [0.29, 0.717) is 6.54 Å². The van der Waals surface area contributed by atoms with E-state index in [-0.39, 0.29) is 5.60 Å². The lowest BCUT2D eigenvalue weighted by atomic mass is 9.82. The molecule has 0 aliphatic carbocycles. The zero-order valence-corrected chi connectivity index (χ0v) is 9.93. The molecule has 1 aliphatic heterocycles. The molecule has 0 spiro atoms. The Bertz CT molecular complexity index is 296. The summed E-state index contributed by atoms with van der Waals surface area (Å²) in [7, 11) is -1.63. The summed E-state index contributed by atoms with van der Waals surface area (Å²) in [5.41, 5.74) is -0.374. The Morgan fingerprint density at radius 1 is 1.50 bits per heavy atom. The van der Waals surface area contributed by atoms with Crippen molar-refractivity contribution in [2.24, 2.45) is 0 Å². The van der Waals surface area contributed by atoms with Crippen LogP contribution in [0.25, 0.3) is 0 Å². The van der Waals surface area contributed by atoms with Gasteiger partial charge in [-0.15, -0.1) is 0 Å². The van der Waals surface area contributed by atoms with Crippen LogP contribution in [-0.2, 0) is 4.74 Å². The maximum atomic E-state index is 11.8. The van der Waals surface area contributed by atoms with Crippen LogP contribution in [0.15, 0.2) is 11.7 Å². The van der Waals surface area contributed by atoms with Crippen molar-refractivity contribution in [1.29, 1.82) is 0 Å². The molecule has 0 saturated carbocycles. The molecule has 1 heterocycles. The highest BCUT2D eigenvalue weighted by Gasteiger charge is 2.31. The van der Waals surface area contributed by atoms with Crippen molar-refractivity contribution < 1.29 is 19.6 Å². The van der Waals surface area contributed by atoms with Crippen molar-refractivity contribution in [3.05, 3.63) is 11.7 Å². The van der Waals surface area contributed by atoms with Crippen LogP contribution in [0.1, 0.15) is 33.6 Å². The third-order valence-electron chi connectivity index (χ3n) is 2.13.